The molecule has 0 fully saturated rings. The Hall–Kier alpha value is -2.61. The number of aryl methyl sites for hydroxylation is 1. The quantitative estimate of drug-likeness (QED) is 0.715. The Balaban J connectivity index is 2.00. The van der Waals surface area contributed by atoms with Gasteiger partial charge in [0.25, 0.3) is 10.0 Å². The van der Waals surface area contributed by atoms with E-state index in [-0.39, 0.29) is 4.90 Å². The first kappa shape index (κ1) is 13.4. The lowest BCUT2D eigenvalue weighted by Crippen LogP contribution is -2.14. The smallest absolute Gasteiger partial charge is 0.262 e. The summed E-state index contributed by atoms with van der Waals surface area (Å²) in [6.07, 6.45) is 0. The maximum atomic E-state index is 12.4. The highest BCUT2D eigenvalue weighted by Crippen LogP contribution is 2.23. The largest absolute Gasteiger partial charge is 0.399 e. The molecule has 3 N–H and O–H groups in total. The van der Waals surface area contributed by atoms with Crippen molar-refractivity contribution in [1.29, 1.82) is 0 Å². The second-order valence-corrected chi connectivity index (χ2v) is 6.25. The summed E-state index contributed by atoms with van der Waals surface area (Å²) >= 11 is 0. The van der Waals surface area contributed by atoms with Gasteiger partial charge in [-0.15, -0.1) is 0 Å². The van der Waals surface area contributed by atoms with Crippen LogP contribution in [0, 0.1) is 6.92 Å². The molecule has 0 aliphatic heterocycles. The molecule has 0 atom stereocenters. The van der Waals surface area contributed by atoms with Crippen LogP contribution >= 0.6 is 0 Å². The van der Waals surface area contributed by atoms with Crippen LogP contribution in [0.15, 0.2) is 45.9 Å². The summed E-state index contributed by atoms with van der Waals surface area (Å²) in [5, 5.41) is 7.33. The van der Waals surface area contributed by atoms with Crippen LogP contribution in [0.3, 0.4) is 0 Å². The number of fused-ring (bicyclic) bond motifs is 1. The van der Waals surface area contributed by atoms with Crippen molar-refractivity contribution < 1.29 is 13.0 Å². The molecule has 0 saturated heterocycles. The molecule has 3 rings (SSSR count). The minimum Gasteiger partial charge on any atom is -0.399 e. The highest BCUT2D eigenvalue weighted by Gasteiger charge is 2.17. The Kier molecular flexibility index (Phi) is 3.02. The number of nitrogens with one attached hydrogen (secondary N) is 1. The van der Waals surface area contributed by atoms with E-state index in [0.717, 1.165) is 0 Å². The monoisotopic (exact) mass is 304 g/mol. The van der Waals surface area contributed by atoms with Crippen LogP contribution in [-0.4, -0.2) is 18.7 Å². The molecule has 0 amide bonds. The fraction of sp³-hybridized carbons (Fsp3) is 0.0769. The van der Waals surface area contributed by atoms with Crippen molar-refractivity contribution in [3.8, 4) is 0 Å². The summed E-state index contributed by atoms with van der Waals surface area (Å²) in [7, 11) is -3.73. The molecule has 8 heteroatoms. The Bertz CT molecular complexity index is 918. The number of nitrogens with zero attached hydrogens (tertiary/aromatic N) is 2. The van der Waals surface area contributed by atoms with Gasteiger partial charge in [-0.3, -0.25) is 4.72 Å². The highest BCUT2D eigenvalue weighted by atomic mass is 32.2. The summed E-state index contributed by atoms with van der Waals surface area (Å²) in [6.45, 7) is 1.71. The molecule has 0 aliphatic carbocycles. The molecule has 0 aliphatic rings. The average Bonchev–Trinajstić information content (AvgIpc) is 2.88. The van der Waals surface area contributed by atoms with Crippen molar-refractivity contribution >= 4 is 32.4 Å². The summed E-state index contributed by atoms with van der Waals surface area (Å²) in [6, 6.07) is 9.50. The SMILES string of the molecule is Cc1ccc(N)cc1S(=O)(=O)Nc1ccc2nonc2c1. The van der Waals surface area contributed by atoms with E-state index < -0.39 is 10.0 Å². The third-order valence-corrected chi connectivity index (χ3v) is 4.53. The van der Waals surface area contributed by atoms with E-state index in [0.29, 0.717) is 28.0 Å². The van der Waals surface area contributed by atoms with Crippen molar-refractivity contribution in [1.82, 2.24) is 10.3 Å². The average molecular weight is 304 g/mol. The van der Waals surface area contributed by atoms with E-state index in [4.69, 9.17) is 5.73 Å². The zero-order chi connectivity index (χ0) is 15.0. The number of aromatic nitrogens is 2. The molecule has 1 heterocycles. The number of rotatable bonds is 3. The summed E-state index contributed by atoms with van der Waals surface area (Å²) in [5.41, 5.74) is 8.05. The van der Waals surface area contributed by atoms with E-state index in [9.17, 15) is 8.42 Å². The van der Waals surface area contributed by atoms with E-state index in [2.05, 4.69) is 19.7 Å². The minimum atomic E-state index is -3.73. The summed E-state index contributed by atoms with van der Waals surface area (Å²) in [4.78, 5) is 0.140. The lowest BCUT2D eigenvalue weighted by molar-refractivity contribution is 0.315. The predicted octanol–water partition coefficient (Wildman–Crippen LogP) is 1.91. The Labute approximate surface area is 120 Å². The van der Waals surface area contributed by atoms with Crippen LogP contribution in [0.1, 0.15) is 5.56 Å². The number of hydrogen-bond acceptors (Lipinski definition) is 6. The van der Waals surface area contributed by atoms with Crippen LogP contribution in [0.4, 0.5) is 11.4 Å². The number of hydrogen-bond donors (Lipinski definition) is 2. The van der Waals surface area contributed by atoms with Gasteiger partial charge in [0.05, 0.1) is 10.6 Å². The third-order valence-electron chi connectivity index (χ3n) is 3.01. The van der Waals surface area contributed by atoms with Gasteiger partial charge >= 0.3 is 0 Å². The number of nitrogens with two attached hydrogens (primary N) is 1. The van der Waals surface area contributed by atoms with E-state index >= 15 is 0 Å². The molecule has 21 heavy (non-hydrogen) atoms. The first-order valence-corrected chi connectivity index (χ1v) is 7.55. The normalized spacial score (nSPS) is 11.7. The number of benzene rings is 2. The fourth-order valence-corrected chi connectivity index (χ4v) is 3.29. The summed E-state index contributed by atoms with van der Waals surface area (Å²) in [5.74, 6) is 0. The minimum absolute atomic E-state index is 0.140. The third kappa shape index (κ3) is 2.52. The molecule has 108 valence electrons. The van der Waals surface area contributed by atoms with Gasteiger partial charge in [0.1, 0.15) is 11.0 Å². The zero-order valence-electron chi connectivity index (χ0n) is 11.1. The molecule has 2 aromatic carbocycles. The first-order chi connectivity index (χ1) is 9.95. The van der Waals surface area contributed by atoms with E-state index in [1.54, 1.807) is 37.3 Å². The highest BCUT2D eigenvalue weighted by molar-refractivity contribution is 7.92. The second kappa shape index (κ2) is 4.74. The Morgan fingerprint density at radius 2 is 1.86 bits per heavy atom. The molecular weight excluding hydrogens is 292 g/mol. The topological polar surface area (TPSA) is 111 Å². The van der Waals surface area contributed by atoms with Crippen molar-refractivity contribution in [3.05, 3.63) is 42.0 Å². The van der Waals surface area contributed by atoms with Crippen molar-refractivity contribution in [3.63, 3.8) is 0 Å². The van der Waals surface area contributed by atoms with Gasteiger partial charge < -0.3 is 5.73 Å². The van der Waals surface area contributed by atoms with Crippen LogP contribution < -0.4 is 10.5 Å². The van der Waals surface area contributed by atoms with Crippen LogP contribution in [0.25, 0.3) is 11.0 Å². The molecule has 3 aromatic rings. The molecule has 0 bridgehead atoms. The molecule has 0 unspecified atom stereocenters. The molecule has 7 nitrogen and oxygen atoms in total. The van der Waals surface area contributed by atoms with Crippen LogP contribution in [0.5, 0.6) is 0 Å². The van der Waals surface area contributed by atoms with E-state index in [1.165, 1.54) is 6.07 Å². The predicted molar refractivity (Wildman–Crippen MR) is 78.2 cm³/mol. The fourth-order valence-electron chi connectivity index (χ4n) is 1.96. The molecular formula is C13H12N4O3S. The summed E-state index contributed by atoms with van der Waals surface area (Å²) < 4.78 is 31.9. The van der Waals surface area contributed by atoms with Crippen LogP contribution in [0.2, 0.25) is 0 Å². The standard InChI is InChI=1S/C13H12N4O3S/c1-8-2-3-9(14)6-13(8)21(18,19)17-10-4-5-11-12(7-10)16-20-15-11/h2-7,17H,14H2,1H3. The van der Waals surface area contributed by atoms with Gasteiger partial charge in [0.15, 0.2) is 0 Å². The maximum Gasteiger partial charge on any atom is 0.262 e. The molecule has 0 radical (unpaired) electrons. The van der Waals surface area contributed by atoms with Gasteiger partial charge in [-0.1, -0.05) is 6.07 Å². The van der Waals surface area contributed by atoms with Crippen molar-refractivity contribution in [2.24, 2.45) is 0 Å². The van der Waals surface area contributed by atoms with E-state index in [1.807, 2.05) is 0 Å². The number of nitrogen functional groups attached to an aromatic ring is 1. The van der Waals surface area contributed by atoms with Crippen molar-refractivity contribution in [2.75, 3.05) is 10.5 Å². The zero-order valence-corrected chi connectivity index (χ0v) is 11.9. The molecule has 1 aromatic heterocycles. The van der Waals surface area contributed by atoms with Gasteiger partial charge in [-0.25, -0.2) is 13.0 Å². The molecule has 0 spiro atoms. The second-order valence-electron chi connectivity index (χ2n) is 4.60. The maximum absolute atomic E-state index is 12.4. The van der Waals surface area contributed by atoms with Crippen molar-refractivity contribution in [2.45, 2.75) is 11.8 Å². The van der Waals surface area contributed by atoms with Gasteiger partial charge in [-0.05, 0) is 53.1 Å². The Morgan fingerprint density at radius 1 is 1.10 bits per heavy atom. The lowest BCUT2D eigenvalue weighted by Gasteiger charge is -2.10. The van der Waals surface area contributed by atoms with Gasteiger partial charge in [0, 0.05) is 5.69 Å². The van der Waals surface area contributed by atoms with Crippen LogP contribution in [-0.2, 0) is 10.0 Å². The lowest BCUT2D eigenvalue weighted by atomic mass is 10.2. The number of anilines is 2. The number of sulfonamides is 1. The van der Waals surface area contributed by atoms with Gasteiger partial charge in [0.2, 0.25) is 0 Å². The first-order valence-electron chi connectivity index (χ1n) is 6.07. The Morgan fingerprint density at radius 3 is 2.67 bits per heavy atom. The van der Waals surface area contributed by atoms with Gasteiger partial charge in [-0.2, -0.15) is 0 Å². The molecule has 0 saturated carbocycles.